The van der Waals surface area contributed by atoms with E-state index < -0.39 is 0 Å². The van der Waals surface area contributed by atoms with Gasteiger partial charge in [-0.15, -0.1) is 0 Å². The number of allylic oxidation sites excluding steroid dienone is 2. The molecule has 32 heavy (non-hydrogen) atoms. The first-order valence-electron chi connectivity index (χ1n) is 10.6. The third-order valence-electron chi connectivity index (χ3n) is 5.44. The number of hydrogen-bond donors (Lipinski definition) is 2. The third-order valence-corrected chi connectivity index (χ3v) is 5.44. The van der Waals surface area contributed by atoms with Crippen LogP contribution < -0.4 is 10.6 Å². The van der Waals surface area contributed by atoms with Crippen LogP contribution in [-0.4, -0.2) is 11.7 Å². The van der Waals surface area contributed by atoms with Gasteiger partial charge in [-0.25, -0.2) is 4.99 Å². The van der Waals surface area contributed by atoms with E-state index in [1.165, 1.54) is 12.5 Å². The van der Waals surface area contributed by atoms with Crippen molar-refractivity contribution < 1.29 is 9.53 Å². The summed E-state index contributed by atoms with van der Waals surface area (Å²) in [6.45, 7) is 1.42. The van der Waals surface area contributed by atoms with Crippen LogP contribution in [-0.2, 0) is 16.0 Å². The predicted molar refractivity (Wildman–Crippen MR) is 129 cm³/mol. The maximum atomic E-state index is 11.5. The van der Waals surface area contributed by atoms with E-state index in [2.05, 4.69) is 47.0 Å². The Kier molecular flexibility index (Phi) is 5.30. The van der Waals surface area contributed by atoms with Crippen molar-refractivity contribution in [2.75, 3.05) is 10.6 Å². The van der Waals surface area contributed by atoms with Crippen LogP contribution in [0.3, 0.4) is 0 Å². The van der Waals surface area contributed by atoms with Gasteiger partial charge in [-0.05, 0) is 41.5 Å². The monoisotopic (exact) mass is 421 g/mol. The molecule has 5 rings (SSSR count). The quantitative estimate of drug-likeness (QED) is 0.478. The SMILES string of the molecule is CC(=O)OC1=C2Nc3cccc(Cc4ccccc4Nc4ccccc4)c3N=C2C=CC1. The van der Waals surface area contributed by atoms with Crippen LogP contribution in [0.2, 0.25) is 0 Å². The van der Waals surface area contributed by atoms with Crippen LogP contribution in [0.4, 0.5) is 22.7 Å². The van der Waals surface area contributed by atoms with Crippen LogP contribution in [0.5, 0.6) is 0 Å². The van der Waals surface area contributed by atoms with Gasteiger partial charge in [-0.2, -0.15) is 0 Å². The highest BCUT2D eigenvalue weighted by molar-refractivity contribution is 6.15. The molecule has 0 saturated carbocycles. The fourth-order valence-electron chi connectivity index (χ4n) is 4.00. The van der Waals surface area contributed by atoms with E-state index in [0.29, 0.717) is 12.2 Å². The molecule has 1 heterocycles. The average molecular weight is 422 g/mol. The lowest BCUT2D eigenvalue weighted by Gasteiger charge is -2.25. The zero-order chi connectivity index (χ0) is 21.9. The van der Waals surface area contributed by atoms with E-state index in [-0.39, 0.29) is 5.97 Å². The molecule has 0 aromatic heterocycles. The molecule has 3 aromatic rings. The molecular formula is C27H23N3O2. The zero-order valence-corrected chi connectivity index (χ0v) is 17.8. The molecule has 1 aliphatic heterocycles. The molecule has 5 heteroatoms. The van der Waals surface area contributed by atoms with Crippen molar-refractivity contribution in [2.24, 2.45) is 4.99 Å². The zero-order valence-electron chi connectivity index (χ0n) is 17.8. The summed E-state index contributed by atoms with van der Waals surface area (Å²) in [5, 5.41) is 6.96. The standard InChI is InChI=1S/C27H23N3O2/c1-18(31)32-25-16-8-15-24-27(25)30-23-14-7-10-20(26(23)29-24)17-19-9-5-6-13-22(19)28-21-11-3-2-4-12-21/h2-15,28,30H,16-17H2,1H3. The van der Waals surface area contributed by atoms with Crippen LogP contribution >= 0.6 is 0 Å². The molecule has 0 fully saturated rings. The third kappa shape index (κ3) is 4.05. The van der Waals surface area contributed by atoms with Gasteiger partial charge in [0.2, 0.25) is 0 Å². The predicted octanol–water partition coefficient (Wildman–Crippen LogP) is 6.25. The summed E-state index contributed by atoms with van der Waals surface area (Å²) in [4.78, 5) is 16.4. The van der Waals surface area contributed by atoms with Gasteiger partial charge in [0.15, 0.2) is 0 Å². The molecule has 0 amide bonds. The molecule has 2 aliphatic rings. The Morgan fingerprint density at radius 1 is 1.00 bits per heavy atom. The van der Waals surface area contributed by atoms with Gasteiger partial charge in [-0.1, -0.05) is 54.6 Å². The molecule has 0 saturated heterocycles. The van der Waals surface area contributed by atoms with Gasteiger partial charge in [0.25, 0.3) is 0 Å². The van der Waals surface area contributed by atoms with Crippen molar-refractivity contribution in [3.63, 3.8) is 0 Å². The summed E-state index contributed by atoms with van der Waals surface area (Å²) in [5.41, 5.74) is 7.80. The Balaban J connectivity index is 1.49. The van der Waals surface area contributed by atoms with Crippen molar-refractivity contribution in [1.82, 2.24) is 0 Å². The molecule has 0 spiro atoms. The first-order chi connectivity index (χ1) is 15.7. The fraction of sp³-hybridized carbons (Fsp3) is 0.111. The Morgan fingerprint density at radius 3 is 2.62 bits per heavy atom. The Labute approximate surface area is 187 Å². The van der Waals surface area contributed by atoms with Crippen LogP contribution in [0.25, 0.3) is 0 Å². The number of nitrogens with zero attached hydrogens (tertiary/aromatic N) is 1. The highest BCUT2D eigenvalue weighted by Gasteiger charge is 2.24. The molecule has 0 radical (unpaired) electrons. The average Bonchev–Trinajstić information content (AvgIpc) is 2.80. The molecule has 3 aromatic carbocycles. The lowest BCUT2D eigenvalue weighted by molar-refractivity contribution is -0.137. The highest BCUT2D eigenvalue weighted by atomic mass is 16.5. The Hall–Kier alpha value is -4.12. The van der Waals surface area contributed by atoms with E-state index in [1.54, 1.807) is 0 Å². The number of aliphatic imine (C=N–C) groups is 1. The molecule has 1 aliphatic carbocycles. The minimum atomic E-state index is -0.328. The highest BCUT2D eigenvalue weighted by Crippen LogP contribution is 2.38. The lowest BCUT2D eigenvalue weighted by Crippen LogP contribution is -2.21. The van der Waals surface area contributed by atoms with Crippen molar-refractivity contribution in [1.29, 1.82) is 0 Å². The minimum absolute atomic E-state index is 0.328. The summed E-state index contributed by atoms with van der Waals surface area (Å²) >= 11 is 0. The van der Waals surface area contributed by atoms with Crippen molar-refractivity contribution in [3.05, 3.63) is 108 Å². The molecule has 2 N–H and O–H groups in total. The number of benzene rings is 3. The van der Waals surface area contributed by atoms with E-state index in [1.807, 2.05) is 48.6 Å². The van der Waals surface area contributed by atoms with Crippen LogP contribution in [0.1, 0.15) is 24.5 Å². The molecule has 5 nitrogen and oxygen atoms in total. The van der Waals surface area contributed by atoms with E-state index >= 15 is 0 Å². The van der Waals surface area contributed by atoms with Crippen molar-refractivity contribution in [2.45, 2.75) is 19.8 Å². The molecule has 0 bridgehead atoms. The molecule has 0 atom stereocenters. The number of anilines is 3. The smallest absolute Gasteiger partial charge is 0.307 e. The summed E-state index contributed by atoms with van der Waals surface area (Å²) in [6, 6.07) is 24.6. The van der Waals surface area contributed by atoms with Crippen LogP contribution in [0.15, 0.2) is 101 Å². The van der Waals surface area contributed by atoms with E-state index in [4.69, 9.17) is 9.73 Å². The van der Waals surface area contributed by atoms with Crippen LogP contribution in [0, 0.1) is 0 Å². The number of carbonyl (C=O) groups is 1. The maximum Gasteiger partial charge on any atom is 0.307 e. The molecular weight excluding hydrogens is 398 g/mol. The fourth-order valence-corrected chi connectivity index (χ4v) is 4.00. The largest absolute Gasteiger partial charge is 0.429 e. The number of hydrogen-bond acceptors (Lipinski definition) is 5. The Morgan fingerprint density at radius 2 is 1.78 bits per heavy atom. The first-order valence-corrected chi connectivity index (χ1v) is 10.6. The van der Waals surface area contributed by atoms with Gasteiger partial charge >= 0.3 is 5.97 Å². The molecule has 158 valence electrons. The van der Waals surface area contributed by atoms with Gasteiger partial charge in [0, 0.05) is 31.1 Å². The summed E-state index contributed by atoms with van der Waals surface area (Å²) in [5.74, 6) is 0.276. The lowest BCUT2D eigenvalue weighted by atomic mass is 9.98. The minimum Gasteiger partial charge on any atom is -0.429 e. The number of carbonyl (C=O) groups excluding carboxylic acids is 1. The second kappa shape index (κ2) is 8.55. The summed E-state index contributed by atoms with van der Waals surface area (Å²) < 4.78 is 5.41. The number of nitrogens with one attached hydrogen (secondary N) is 2. The maximum absolute atomic E-state index is 11.5. The van der Waals surface area contributed by atoms with Gasteiger partial charge in [0.05, 0.1) is 17.1 Å². The van der Waals surface area contributed by atoms with Gasteiger partial charge < -0.3 is 15.4 Å². The Bertz CT molecular complexity index is 1270. The van der Waals surface area contributed by atoms with Gasteiger partial charge in [0.1, 0.15) is 11.5 Å². The summed E-state index contributed by atoms with van der Waals surface area (Å²) in [6.07, 6.45) is 5.24. The summed E-state index contributed by atoms with van der Waals surface area (Å²) in [7, 11) is 0. The second-order valence-electron chi connectivity index (χ2n) is 7.76. The van der Waals surface area contributed by atoms with E-state index in [9.17, 15) is 4.79 Å². The van der Waals surface area contributed by atoms with Gasteiger partial charge in [-0.3, -0.25) is 4.79 Å². The molecule has 0 unspecified atom stereocenters. The first kappa shape index (κ1) is 19.8. The number of para-hydroxylation sites is 3. The topological polar surface area (TPSA) is 62.7 Å². The van der Waals surface area contributed by atoms with Crippen molar-refractivity contribution in [3.8, 4) is 0 Å². The number of ether oxygens (including phenoxy) is 1. The number of rotatable bonds is 5. The van der Waals surface area contributed by atoms with E-state index in [0.717, 1.165) is 46.1 Å². The second-order valence-corrected chi connectivity index (χ2v) is 7.76. The number of esters is 1. The number of fused-ring (bicyclic) bond motifs is 2. The normalized spacial score (nSPS) is 14.1. The van der Waals surface area contributed by atoms with Crippen molar-refractivity contribution >= 4 is 34.4 Å².